The zero-order valence-corrected chi connectivity index (χ0v) is 20.7. The number of carbonyl (C=O) groups is 3. The van der Waals surface area contributed by atoms with Gasteiger partial charge in [-0.1, -0.05) is 86.7 Å². The van der Waals surface area contributed by atoms with Gasteiger partial charge in [-0.15, -0.1) is 0 Å². The summed E-state index contributed by atoms with van der Waals surface area (Å²) in [6.07, 6.45) is 6.58. The normalized spacial score (nSPS) is 27.9. The summed E-state index contributed by atoms with van der Waals surface area (Å²) in [5, 5.41) is 0. The molecule has 2 saturated carbocycles. The van der Waals surface area contributed by atoms with Gasteiger partial charge in [0.1, 0.15) is 12.2 Å². The number of carbonyl (C=O) groups excluding carboxylic acids is 3. The lowest BCUT2D eigenvalue weighted by Crippen LogP contribution is -2.62. The van der Waals surface area contributed by atoms with E-state index in [9.17, 15) is 9.59 Å². The summed E-state index contributed by atoms with van der Waals surface area (Å²) in [7, 11) is 0. The minimum atomic E-state index is -1.08. The molecule has 4 atom stereocenters. The molecule has 0 N–H and O–H groups in total. The molecule has 5 nitrogen and oxygen atoms in total. The van der Waals surface area contributed by atoms with Gasteiger partial charge in [0.25, 0.3) is 0 Å². The zero-order chi connectivity index (χ0) is 25.6. The summed E-state index contributed by atoms with van der Waals surface area (Å²) >= 11 is 0. The first-order valence-corrected chi connectivity index (χ1v) is 12.8. The van der Waals surface area contributed by atoms with Gasteiger partial charge in [0.2, 0.25) is 0 Å². The van der Waals surface area contributed by atoms with Gasteiger partial charge in [-0.3, -0.25) is 4.79 Å². The van der Waals surface area contributed by atoms with Crippen molar-refractivity contribution in [3.05, 3.63) is 97.1 Å². The molecule has 2 fully saturated rings. The van der Waals surface area contributed by atoms with Crippen LogP contribution in [0.2, 0.25) is 0 Å². The molecule has 0 heterocycles. The number of benzene rings is 2. The number of Topliss-reactive ketones (excluding diaryl/α,β-unsaturated/α-hetero) is 1. The standard InChI is InChI=1S/C31H34O5/c1-3-27(32)35-25-19-11-13-21-30(25,23-15-7-5-8-16-23)29(34)31(24-17-9-6-10-18-24)22-14-12-20-26(31)36-28(33)4-2/h3-10,15-18,25-26H,1-2,11-14,19-22H2. The van der Waals surface area contributed by atoms with Crippen LogP contribution >= 0.6 is 0 Å². The maximum atomic E-state index is 15.3. The van der Waals surface area contributed by atoms with Crippen molar-refractivity contribution in [1.29, 1.82) is 0 Å². The van der Waals surface area contributed by atoms with Gasteiger partial charge >= 0.3 is 11.9 Å². The molecule has 0 bridgehead atoms. The van der Waals surface area contributed by atoms with E-state index in [1.165, 1.54) is 0 Å². The minimum absolute atomic E-state index is 0.0458. The second-order valence-electron chi connectivity index (χ2n) is 9.75. The number of hydrogen-bond acceptors (Lipinski definition) is 5. The summed E-state index contributed by atoms with van der Waals surface area (Å²) in [5.74, 6) is -1.13. The second kappa shape index (κ2) is 11.1. The maximum Gasteiger partial charge on any atom is 0.330 e. The van der Waals surface area contributed by atoms with E-state index in [0.717, 1.165) is 49.0 Å². The van der Waals surface area contributed by atoms with E-state index in [0.29, 0.717) is 25.7 Å². The fraction of sp³-hybridized carbons (Fsp3) is 0.387. The van der Waals surface area contributed by atoms with Crippen molar-refractivity contribution in [3.8, 4) is 0 Å². The highest BCUT2D eigenvalue weighted by atomic mass is 16.5. The summed E-state index contributed by atoms with van der Waals surface area (Å²) in [6.45, 7) is 7.14. The van der Waals surface area contributed by atoms with E-state index in [2.05, 4.69) is 13.2 Å². The van der Waals surface area contributed by atoms with E-state index < -0.39 is 35.0 Å². The van der Waals surface area contributed by atoms with Crippen LogP contribution in [0.3, 0.4) is 0 Å². The Hall–Kier alpha value is -3.47. The minimum Gasteiger partial charge on any atom is -0.458 e. The summed E-state index contributed by atoms with van der Waals surface area (Å²) in [5.41, 5.74) is -0.508. The average Bonchev–Trinajstić information content (AvgIpc) is 2.94. The number of ether oxygens (including phenoxy) is 2. The number of rotatable bonds is 8. The van der Waals surface area contributed by atoms with E-state index in [1.54, 1.807) is 0 Å². The Morgan fingerprint density at radius 3 is 1.42 bits per heavy atom. The van der Waals surface area contributed by atoms with Gasteiger partial charge in [0.15, 0.2) is 5.78 Å². The molecule has 0 radical (unpaired) electrons. The maximum absolute atomic E-state index is 15.3. The third kappa shape index (κ3) is 4.55. The van der Waals surface area contributed by atoms with E-state index in [-0.39, 0.29) is 5.78 Å². The first-order valence-electron chi connectivity index (χ1n) is 12.8. The Morgan fingerprint density at radius 2 is 1.06 bits per heavy atom. The molecule has 4 rings (SSSR count). The van der Waals surface area contributed by atoms with E-state index >= 15 is 4.79 Å². The summed E-state index contributed by atoms with van der Waals surface area (Å²) < 4.78 is 11.9. The van der Waals surface area contributed by atoms with Crippen molar-refractivity contribution in [2.75, 3.05) is 0 Å². The van der Waals surface area contributed by atoms with Crippen molar-refractivity contribution in [3.63, 3.8) is 0 Å². The van der Waals surface area contributed by atoms with Crippen molar-refractivity contribution in [2.45, 2.75) is 74.4 Å². The van der Waals surface area contributed by atoms with Crippen LogP contribution in [0, 0.1) is 0 Å². The van der Waals surface area contributed by atoms with Crippen LogP contribution in [0.5, 0.6) is 0 Å². The van der Waals surface area contributed by atoms with Crippen LogP contribution in [-0.2, 0) is 34.7 Å². The van der Waals surface area contributed by atoms with Gasteiger partial charge in [-0.05, 0) is 49.7 Å². The highest BCUT2D eigenvalue weighted by Crippen LogP contribution is 2.52. The molecule has 188 valence electrons. The average molecular weight is 487 g/mol. The quantitative estimate of drug-likeness (QED) is 0.350. The molecular weight excluding hydrogens is 452 g/mol. The van der Waals surface area contributed by atoms with Gasteiger partial charge < -0.3 is 9.47 Å². The molecule has 0 amide bonds. The van der Waals surface area contributed by atoms with Crippen molar-refractivity contribution in [1.82, 2.24) is 0 Å². The molecule has 2 aromatic rings. The van der Waals surface area contributed by atoms with Gasteiger partial charge in [-0.2, -0.15) is 0 Å². The smallest absolute Gasteiger partial charge is 0.330 e. The first kappa shape index (κ1) is 25.6. The first-order chi connectivity index (χ1) is 17.5. The lowest BCUT2D eigenvalue weighted by atomic mass is 9.53. The van der Waals surface area contributed by atoms with Crippen LogP contribution in [0.1, 0.15) is 62.5 Å². The van der Waals surface area contributed by atoms with Gasteiger partial charge in [-0.25, -0.2) is 9.59 Å². The predicted molar refractivity (Wildman–Crippen MR) is 138 cm³/mol. The number of hydrogen-bond donors (Lipinski definition) is 0. The second-order valence-corrected chi connectivity index (χ2v) is 9.75. The lowest BCUT2D eigenvalue weighted by molar-refractivity contribution is -0.162. The molecule has 0 aliphatic heterocycles. The Bertz CT molecular complexity index is 1020. The molecule has 0 saturated heterocycles. The highest BCUT2D eigenvalue weighted by molar-refractivity contribution is 6.01. The molecule has 2 aliphatic rings. The van der Waals surface area contributed by atoms with Crippen LogP contribution in [0.15, 0.2) is 86.0 Å². The molecule has 0 spiro atoms. The molecule has 2 aliphatic carbocycles. The Kier molecular flexibility index (Phi) is 7.88. The third-order valence-electron chi connectivity index (χ3n) is 7.91. The molecule has 2 aromatic carbocycles. The molecule has 5 heteroatoms. The Labute approximate surface area is 213 Å². The van der Waals surface area contributed by atoms with E-state index in [1.807, 2.05) is 60.7 Å². The number of esters is 2. The Morgan fingerprint density at radius 1 is 0.667 bits per heavy atom. The van der Waals surface area contributed by atoms with Crippen molar-refractivity contribution in [2.24, 2.45) is 0 Å². The summed E-state index contributed by atoms with van der Waals surface area (Å²) in [4.78, 5) is 40.3. The van der Waals surface area contributed by atoms with E-state index in [4.69, 9.17) is 9.47 Å². The molecule has 36 heavy (non-hydrogen) atoms. The molecule has 4 unspecified atom stereocenters. The van der Waals surface area contributed by atoms with Crippen molar-refractivity contribution < 1.29 is 23.9 Å². The highest BCUT2D eigenvalue weighted by Gasteiger charge is 2.61. The van der Waals surface area contributed by atoms with Crippen LogP contribution in [0.25, 0.3) is 0 Å². The SMILES string of the molecule is C=CC(=O)OC1CCCCC1(C(=O)C1(c2ccccc2)CCCCC1OC(=O)C=C)c1ccccc1. The largest absolute Gasteiger partial charge is 0.458 e. The Balaban J connectivity index is 1.96. The fourth-order valence-electron chi connectivity index (χ4n) is 6.29. The predicted octanol–water partition coefficient (Wildman–Crippen LogP) is 5.78. The topological polar surface area (TPSA) is 69.7 Å². The lowest BCUT2D eigenvalue weighted by Gasteiger charge is -2.51. The molecular formula is C31H34O5. The monoisotopic (exact) mass is 486 g/mol. The summed E-state index contributed by atoms with van der Waals surface area (Å²) in [6, 6.07) is 19.3. The van der Waals surface area contributed by atoms with Gasteiger partial charge in [0, 0.05) is 12.2 Å². The third-order valence-corrected chi connectivity index (χ3v) is 7.91. The van der Waals surface area contributed by atoms with Crippen LogP contribution < -0.4 is 0 Å². The van der Waals surface area contributed by atoms with Crippen LogP contribution in [-0.4, -0.2) is 29.9 Å². The molecule has 0 aromatic heterocycles. The fourth-order valence-corrected chi connectivity index (χ4v) is 6.29. The van der Waals surface area contributed by atoms with Crippen LogP contribution in [0.4, 0.5) is 0 Å². The van der Waals surface area contributed by atoms with Gasteiger partial charge in [0.05, 0.1) is 10.8 Å². The zero-order valence-electron chi connectivity index (χ0n) is 20.7. The number of ketones is 1. The van der Waals surface area contributed by atoms with Crippen molar-refractivity contribution >= 4 is 17.7 Å².